The van der Waals surface area contributed by atoms with Crippen molar-refractivity contribution < 1.29 is 17.9 Å². The lowest BCUT2D eigenvalue weighted by molar-refractivity contribution is -0.274. The largest absolute Gasteiger partial charge is 0.573 e. The number of nitrogens with one attached hydrogen (secondary N) is 1. The van der Waals surface area contributed by atoms with Crippen LogP contribution in [-0.2, 0) is 0 Å². The molecule has 1 N–H and O–H groups in total. The monoisotopic (exact) mass is 300 g/mol. The highest BCUT2D eigenvalue weighted by Crippen LogP contribution is 2.43. The molecule has 2 atom stereocenters. The predicted octanol–water partition coefficient (Wildman–Crippen LogP) is 3.30. The van der Waals surface area contributed by atoms with Crippen LogP contribution >= 0.6 is 0 Å². The molecule has 0 spiro atoms. The van der Waals surface area contributed by atoms with Gasteiger partial charge in [0.1, 0.15) is 0 Å². The van der Waals surface area contributed by atoms with Gasteiger partial charge in [-0.1, -0.05) is 12.1 Å². The summed E-state index contributed by atoms with van der Waals surface area (Å²) in [6, 6.07) is 7.50. The van der Waals surface area contributed by atoms with Gasteiger partial charge < -0.3 is 15.0 Å². The highest BCUT2D eigenvalue weighted by molar-refractivity contribution is 5.61. The minimum atomic E-state index is -4.65. The molecular formula is C15H19F3N2O. The third-order valence-corrected chi connectivity index (χ3v) is 4.51. The average molecular weight is 300 g/mol. The van der Waals surface area contributed by atoms with E-state index in [1.165, 1.54) is 6.07 Å². The number of piperidine rings is 1. The van der Waals surface area contributed by atoms with E-state index >= 15 is 0 Å². The van der Waals surface area contributed by atoms with E-state index in [0.29, 0.717) is 23.8 Å². The molecule has 21 heavy (non-hydrogen) atoms. The molecule has 0 amide bonds. The number of alkyl halides is 3. The number of hydrogen-bond donors (Lipinski definition) is 1. The van der Waals surface area contributed by atoms with Gasteiger partial charge in [0.15, 0.2) is 5.75 Å². The quantitative estimate of drug-likeness (QED) is 0.927. The van der Waals surface area contributed by atoms with Crippen molar-refractivity contribution in [3.05, 3.63) is 24.3 Å². The summed E-state index contributed by atoms with van der Waals surface area (Å²) in [7, 11) is 1.94. The molecule has 0 aromatic heterocycles. The molecule has 2 heterocycles. The summed E-state index contributed by atoms with van der Waals surface area (Å²) >= 11 is 0. The van der Waals surface area contributed by atoms with E-state index in [-0.39, 0.29) is 5.75 Å². The molecule has 0 saturated carbocycles. The van der Waals surface area contributed by atoms with E-state index in [4.69, 9.17) is 0 Å². The van der Waals surface area contributed by atoms with Crippen LogP contribution in [0.4, 0.5) is 18.9 Å². The molecule has 6 heteroatoms. The zero-order chi connectivity index (χ0) is 15.0. The summed E-state index contributed by atoms with van der Waals surface area (Å²) < 4.78 is 41.9. The number of hydrogen-bond acceptors (Lipinski definition) is 3. The van der Waals surface area contributed by atoms with Crippen molar-refractivity contribution in [3.63, 3.8) is 0 Å². The van der Waals surface area contributed by atoms with E-state index < -0.39 is 6.36 Å². The van der Waals surface area contributed by atoms with Gasteiger partial charge >= 0.3 is 6.36 Å². The maximum Gasteiger partial charge on any atom is 0.573 e. The summed E-state index contributed by atoms with van der Waals surface area (Å²) in [5.41, 5.74) is 0.567. The SMILES string of the molecule is CNC1CC2CCC(C1)N2c1ccccc1OC(F)(F)F. The van der Waals surface area contributed by atoms with Gasteiger partial charge in [0.2, 0.25) is 0 Å². The van der Waals surface area contributed by atoms with Crippen molar-refractivity contribution in [3.8, 4) is 5.75 Å². The van der Waals surface area contributed by atoms with Crippen molar-refractivity contribution in [2.45, 2.75) is 50.2 Å². The number of benzene rings is 1. The molecule has 2 bridgehead atoms. The van der Waals surface area contributed by atoms with Crippen LogP contribution in [0, 0.1) is 0 Å². The minimum absolute atomic E-state index is 0.0928. The number of anilines is 1. The zero-order valence-corrected chi connectivity index (χ0v) is 11.9. The Kier molecular flexibility index (Phi) is 3.73. The highest BCUT2D eigenvalue weighted by atomic mass is 19.4. The normalized spacial score (nSPS) is 28.8. The van der Waals surface area contributed by atoms with Crippen LogP contribution in [0.25, 0.3) is 0 Å². The maximum absolute atomic E-state index is 12.6. The summed E-state index contributed by atoms with van der Waals surface area (Å²) in [5, 5.41) is 3.29. The van der Waals surface area contributed by atoms with Crippen molar-refractivity contribution >= 4 is 5.69 Å². The summed E-state index contributed by atoms with van der Waals surface area (Å²) in [4.78, 5) is 2.13. The summed E-state index contributed by atoms with van der Waals surface area (Å²) in [6.07, 6.45) is -0.661. The fraction of sp³-hybridized carbons (Fsp3) is 0.600. The lowest BCUT2D eigenvalue weighted by Gasteiger charge is -2.41. The Morgan fingerprint density at radius 1 is 1.14 bits per heavy atom. The van der Waals surface area contributed by atoms with Gasteiger partial charge in [-0.05, 0) is 44.9 Å². The van der Waals surface area contributed by atoms with E-state index in [2.05, 4.69) is 15.0 Å². The first kappa shape index (κ1) is 14.5. The van der Waals surface area contributed by atoms with Crippen molar-refractivity contribution in [1.82, 2.24) is 5.32 Å². The van der Waals surface area contributed by atoms with Gasteiger partial charge in [0.05, 0.1) is 5.69 Å². The van der Waals surface area contributed by atoms with Crippen LogP contribution < -0.4 is 15.0 Å². The molecule has 116 valence electrons. The predicted molar refractivity (Wildman–Crippen MR) is 74.5 cm³/mol. The highest BCUT2D eigenvalue weighted by Gasteiger charge is 2.42. The molecule has 0 aliphatic carbocycles. The Morgan fingerprint density at radius 3 is 2.33 bits per heavy atom. The van der Waals surface area contributed by atoms with Crippen molar-refractivity contribution in [1.29, 1.82) is 0 Å². The van der Waals surface area contributed by atoms with Gasteiger partial charge in [-0.15, -0.1) is 13.2 Å². The second-order valence-electron chi connectivity index (χ2n) is 5.76. The molecule has 2 fully saturated rings. The third-order valence-electron chi connectivity index (χ3n) is 4.51. The number of halogens is 3. The van der Waals surface area contributed by atoms with Crippen LogP contribution in [0.3, 0.4) is 0 Å². The standard InChI is InChI=1S/C15H19F3N2O/c1-19-10-8-11-6-7-12(9-10)20(11)13-4-2-3-5-14(13)21-15(16,17)18/h2-5,10-12,19H,6-9H2,1H3. The Morgan fingerprint density at radius 2 is 1.76 bits per heavy atom. The Balaban J connectivity index is 1.88. The van der Waals surface area contributed by atoms with Gasteiger partial charge in [-0.25, -0.2) is 0 Å². The van der Waals surface area contributed by atoms with E-state index in [0.717, 1.165) is 25.7 Å². The molecular weight excluding hydrogens is 281 g/mol. The van der Waals surface area contributed by atoms with Crippen LogP contribution in [-0.4, -0.2) is 31.5 Å². The number of rotatable bonds is 3. The van der Waals surface area contributed by atoms with Crippen LogP contribution in [0.15, 0.2) is 24.3 Å². The number of ether oxygens (including phenoxy) is 1. The lowest BCUT2D eigenvalue weighted by atomic mass is 9.96. The van der Waals surface area contributed by atoms with E-state index in [1.54, 1.807) is 18.2 Å². The fourth-order valence-corrected chi connectivity index (χ4v) is 3.69. The first-order valence-corrected chi connectivity index (χ1v) is 7.28. The molecule has 2 unspecified atom stereocenters. The van der Waals surface area contributed by atoms with Crippen LogP contribution in [0.5, 0.6) is 5.75 Å². The minimum Gasteiger partial charge on any atom is -0.404 e. The smallest absolute Gasteiger partial charge is 0.404 e. The molecule has 2 saturated heterocycles. The Labute approximate surface area is 122 Å². The first-order chi connectivity index (χ1) is 9.98. The number of fused-ring (bicyclic) bond motifs is 2. The zero-order valence-electron chi connectivity index (χ0n) is 11.9. The number of para-hydroxylation sites is 2. The van der Waals surface area contributed by atoms with Gasteiger partial charge in [0.25, 0.3) is 0 Å². The molecule has 2 aliphatic rings. The van der Waals surface area contributed by atoms with E-state index in [9.17, 15) is 13.2 Å². The molecule has 0 radical (unpaired) electrons. The average Bonchev–Trinajstić information content (AvgIpc) is 2.68. The van der Waals surface area contributed by atoms with Crippen LogP contribution in [0.2, 0.25) is 0 Å². The molecule has 3 nitrogen and oxygen atoms in total. The fourth-order valence-electron chi connectivity index (χ4n) is 3.69. The molecule has 1 aromatic carbocycles. The molecule has 2 aliphatic heterocycles. The first-order valence-electron chi connectivity index (χ1n) is 7.28. The number of nitrogens with zero attached hydrogens (tertiary/aromatic N) is 1. The van der Waals surface area contributed by atoms with E-state index in [1.807, 2.05) is 7.05 Å². The second-order valence-corrected chi connectivity index (χ2v) is 5.76. The lowest BCUT2D eigenvalue weighted by Crippen LogP contribution is -2.48. The Hall–Kier alpha value is -1.43. The Bertz CT molecular complexity index is 492. The third kappa shape index (κ3) is 2.95. The summed E-state index contributed by atoms with van der Waals surface area (Å²) in [6.45, 7) is 0. The van der Waals surface area contributed by atoms with Crippen molar-refractivity contribution in [2.75, 3.05) is 11.9 Å². The maximum atomic E-state index is 12.6. The van der Waals surface area contributed by atoms with Gasteiger partial charge in [-0.3, -0.25) is 0 Å². The van der Waals surface area contributed by atoms with Crippen LogP contribution in [0.1, 0.15) is 25.7 Å². The topological polar surface area (TPSA) is 24.5 Å². The molecule has 3 rings (SSSR count). The summed E-state index contributed by atoms with van der Waals surface area (Å²) in [5.74, 6) is -0.0928. The molecule has 1 aromatic rings. The van der Waals surface area contributed by atoms with Gasteiger partial charge in [-0.2, -0.15) is 0 Å². The second kappa shape index (κ2) is 5.40. The van der Waals surface area contributed by atoms with Crippen molar-refractivity contribution in [2.24, 2.45) is 0 Å². The van der Waals surface area contributed by atoms with Gasteiger partial charge in [0, 0.05) is 18.1 Å².